The van der Waals surface area contributed by atoms with Crippen molar-refractivity contribution in [3.8, 4) is 5.75 Å². The van der Waals surface area contributed by atoms with Gasteiger partial charge in [0.15, 0.2) is 12.0 Å². The Labute approximate surface area is 103 Å². The minimum absolute atomic E-state index is 0.0330. The lowest BCUT2D eigenvalue weighted by molar-refractivity contribution is -0.152. The molecule has 1 aliphatic heterocycles. The van der Waals surface area contributed by atoms with Crippen LogP contribution in [0.5, 0.6) is 5.75 Å². The van der Waals surface area contributed by atoms with Crippen LogP contribution >= 0.6 is 0 Å². The van der Waals surface area contributed by atoms with Crippen molar-refractivity contribution in [2.75, 3.05) is 13.1 Å². The smallest absolute Gasteiger partial charge is 0.305 e. The number of benzene rings is 1. The molecule has 6 heteroatoms. The number of carbonyl (C=O) groups is 2. The first kappa shape index (κ1) is 12.3. The maximum atomic E-state index is 13.2. The predicted octanol–water partition coefficient (Wildman–Crippen LogP) is 2.16. The lowest BCUT2D eigenvalue weighted by Gasteiger charge is -2.13. The molecular weight excluding hydrogens is 241 g/mol. The van der Waals surface area contributed by atoms with Crippen LogP contribution in [0.3, 0.4) is 0 Å². The highest BCUT2D eigenvalue weighted by Crippen LogP contribution is 2.16. The summed E-state index contributed by atoms with van der Waals surface area (Å²) in [5.74, 6) is -0.689. The first-order valence-electron chi connectivity index (χ1n) is 5.59. The predicted molar refractivity (Wildman–Crippen MR) is 59.7 cm³/mol. The van der Waals surface area contributed by atoms with Crippen LogP contribution in [-0.4, -0.2) is 30.4 Å². The van der Waals surface area contributed by atoms with E-state index in [1.165, 1.54) is 17.0 Å². The van der Waals surface area contributed by atoms with Crippen molar-refractivity contribution >= 4 is 12.4 Å². The van der Waals surface area contributed by atoms with Gasteiger partial charge in [-0.25, -0.2) is 14.1 Å². The summed E-state index contributed by atoms with van der Waals surface area (Å²) in [6, 6.07) is 3.59. The molecule has 0 spiro atoms. The zero-order valence-electron chi connectivity index (χ0n) is 9.60. The topological polar surface area (TPSA) is 55.8 Å². The molecular formula is C12H12FNO4. The monoisotopic (exact) mass is 253 g/mol. The van der Waals surface area contributed by atoms with Gasteiger partial charge in [-0.2, -0.15) is 0 Å². The van der Waals surface area contributed by atoms with Crippen LogP contribution in [0.2, 0.25) is 0 Å². The Balaban J connectivity index is 1.91. The summed E-state index contributed by atoms with van der Waals surface area (Å²) < 4.78 is 13.2. The molecule has 0 saturated carbocycles. The van der Waals surface area contributed by atoms with Crippen molar-refractivity contribution in [1.29, 1.82) is 0 Å². The number of hydrogen-bond donors (Lipinski definition) is 0. The van der Waals surface area contributed by atoms with E-state index in [0.717, 1.165) is 18.9 Å². The molecule has 0 unspecified atom stereocenters. The molecule has 18 heavy (non-hydrogen) atoms. The Kier molecular flexibility index (Phi) is 3.76. The molecule has 96 valence electrons. The largest absolute Gasteiger partial charge is 0.452 e. The second-order valence-corrected chi connectivity index (χ2v) is 3.93. The Morgan fingerprint density at radius 1 is 1.33 bits per heavy atom. The highest BCUT2D eigenvalue weighted by atomic mass is 19.1. The minimum atomic E-state index is -0.722. The van der Waals surface area contributed by atoms with Crippen LogP contribution < -0.4 is 4.89 Å². The average molecular weight is 253 g/mol. The Morgan fingerprint density at radius 3 is 2.67 bits per heavy atom. The molecule has 1 aliphatic rings. The van der Waals surface area contributed by atoms with Gasteiger partial charge in [0.05, 0.1) is 5.56 Å². The van der Waals surface area contributed by atoms with Gasteiger partial charge in [-0.3, -0.25) is 9.68 Å². The zero-order valence-corrected chi connectivity index (χ0v) is 9.60. The van der Waals surface area contributed by atoms with E-state index in [4.69, 9.17) is 4.89 Å². The third kappa shape index (κ3) is 2.77. The third-order valence-corrected chi connectivity index (χ3v) is 2.67. The number of halogens is 1. The van der Waals surface area contributed by atoms with Crippen molar-refractivity contribution in [1.82, 2.24) is 4.90 Å². The van der Waals surface area contributed by atoms with E-state index < -0.39 is 11.9 Å². The van der Waals surface area contributed by atoms with Gasteiger partial charge in [0.25, 0.3) is 0 Å². The molecule has 0 aliphatic carbocycles. The van der Waals surface area contributed by atoms with Crippen molar-refractivity contribution in [2.24, 2.45) is 0 Å². The summed E-state index contributed by atoms with van der Waals surface area (Å²) in [5.41, 5.74) is -0.0757. The lowest BCUT2D eigenvalue weighted by atomic mass is 10.2. The first-order chi connectivity index (χ1) is 8.70. The van der Waals surface area contributed by atoms with Crippen molar-refractivity contribution in [3.63, 3.8) is 0 Å². The number of aldehydes is 1. The van der Waals surface area contributed by atoms with Gasteiger partial charge in [-0.05, 0) is 25.0 Å². The summed E-state index contributed by atoms with van der Waals surface area (Å²) in [5, 5.41) is 0. The van der Waals surface area contributed by atoms with E-state index >= 15 is 0 Å². The van der Waals surface area contributed by atoms with Crippen LogP contribution in [0.4, 0.5) is 9.18 Å². The molecule has 1 amide bonds. The fourth-order valence-electron chi connectivity index (χ4n) is 1.69. The van der Waals surface area contributed by atoms with Crippen LogP contribution in [0.15, 0.2) is 18.2 Å². The van der Waals surface area contributed by atoms with Gasteiger partial charge in [0, 0.05) is 19.2 Å². The normalized spacial score (nSPS) is 14.4. The van der Waals surface area contributed by atoms with E-state index in [9.17, 15) is 14.0 Å². The zero-order chi connectivity index (χ0) is 13.0. The maximum Gasteiger partial charge on any atom is 0.452 e. The van der Waals surface area contributed by atoms with Crippen LogP contribution in [0.1, 0.15) is 23.2 Å². The summed E-state index contributed by atoms with van der Waals surface area (Å²) in [4.78, 5) is 32.7. The highest BCUT2D eigenvalue weighted by Gasteiger charge is 2.20. The Bertz CT molecular complexity index is 457. The van der Waals surface area contributed by atoms with E-state index in [2.05, 4.69) is 4.89 Å². The molecule has 1 aromatic carbocycles. The van der Waals surface area contributed by atoms with Gasteiger partial charge >= 0.3 is 6.09 Å². The highest BCUT2D eigenvalue weighted by molar-refractivity contribution is 5.75. The Hall–Kier alpha value is -2.11. The molecule has 1 saturated heterocycles. The lowest BCUT2D eigenvalue weighted by Crippen LogP contribution is -2.29. The van der Waals surface area contributed by atoms with Crippen molar-refractivity contribution in [2.45, 2.75) is 12.8 Å². The van der Waals surface area contributed by atoms with Gasteiger partial charge in [-0.15, -0.1) is 0 Å². The number of hydrogen-bond acceptors (Lipinski definition) is 4. The summed E-state index contributed by atoms with van der Waals surface area (Å²) >= 11 is 0. The SMILES string of the molecule is O=Cc1ccc(OOC(=O)N2CCCC2)cc1F. The number of nitrogens with zero attached hydrogens (tertiary/aromatic N) is 1. The van der Waals surface area contributed by atoms with Gasteiger partial charge in [0.2, 0.25) is 0 Å². The molecule has 2 rings (SSSR count). The summed E-state index contributed by atoms with van der Waals surface area (Å²) in [7, 11) is 0. The quantitative estimate of drug-likeness (QED) is 0.470. The molecule has 0 atom stereocenters. The number of rotatable bonds is 3. The molecule has 0 N–H and O–H groups in total. The van der Waals surface area contributed by atoms with Crippen LogP contribution in [0, 0.1) is 5.82 Å². The van der Waals surface area contributed by atoms with E-state index in [1.54, 1.807) is 0 Å². The standard InChI is InChI=1S/C12H12FNO4/c13-11-7-10(4-3-9(11)8-15)17-18-12(16)14-5-1-2-6-14/h3-4,7-8H,1-2,5-6H2. The van der Waals surface area contributed by atoms with E-state index in [-0.39, 0.29) is 11.3 Å². The summed E-state index contributed by atoms with van der Waals surface area (Å²) in [6.45, 7) is 1.28. The van der Waals surface area contributed by atoms with Crippen molar-refractivity contribution < 1.29 is 23.8 Å². The molecule has 1 aromatic rings. The summed E-state index contributed by atoms with van der Waals surface area (Å²) in [6.07, 6.45) is 1.69. The Morgan fingerprint density at radius 2 is 2.06 bits per heavy atom. The molecule has 0 aromatic heterocycles. The number of likely N-dealkylation sites (tertiary alicyclic amines) is 1. The van der Waals surface area contributed by atoms with Crippen LogP contribution in [-0.2, 0) is 4.89 Å². The average Bonchev–Trinajstić information content (AvgIpc) is 2.90. The molecule has 0 bridgehead atoms. The third-order valence-electron chi connectivity index (χ3n) is 2.67. The minimum Gasteiger partial charge on any atom is -0.305 e. The first-order valence-corrected chi connectivity index (χ1v) is 5.59. The molecule has 0 radical (unpaired) electrons. The van der Waals surface area contributed by atoms with E-state index in [0.29, 0.717) is 19.4 Å². The van der Waals surface area contributed by atoms with E-state index in [1.807, 2.05) is 0 Å². The fraction of sp³-hybridized carbons (Fsp3) is 0.333. The van der Waals surface area contributed by atoms with Crippen molar-refractivity contribution in [3.05, 3.63) is 29.6 Å². The second kappa shape index (κ2) is 5.48. The molecule has 1 heterocycles. The second-order valence-electron chi connectivity index (χ2n) is 3.93. The maximum absolute atomic E-state index is 13.2. The van der Waals surface area contributed by atoms with Gasteiger partial charge < -0.3 is 4.90 Å². The van der Waals surface area contributed by atoms with Crippen LogP contribution in [0.25, 0.3) is 0 Å². The molecule has 1 fully saturated rings. The number of amides is 1. The number of carbonyl (C=O) groups excluding carboxylic acids is 2. The fourth-order valence-corrected chi connectivity index (χ4v) is 1.69. The molecule has 5 nitrogen and oxygen atoms in total. The van der Waals surface area contributed by atoms with Gasteiger partial charge in [0.1, 0.15) is 5.82 Å². The van der Waals surface area contributed by atoms with Gasteiger partial charge in [-0.1, -0.05) is 0 Å².